The van der Waals surface area contributed by atoms with Crippen LogP contribution in [-0.2, 0) is 11.2 Å². The van der Waals surface area contributed by atoms with Gasteiger partial charge < -0.3 is 10.1 Å². The van der Waals surface area contributed by atoms with Gasteiger partial charge in [-0.1, -0.05) is 23.7 Å². The van der Waals surface area contributed by atoms with Gasteiger partial charge in [0.25, 0.3) is 0 Å². The molecule has 2 rings (SSSR count). The zero-order chi connectivity index (χ0) is 10.9. The SMILES string of the molecule is COC1(Cc2c(C)cccc2Cl)CNC1. The maximum absolute atomic E-state index is 6.20. The van der Waals surface area contributed by atoms with Crippen LogP contribution in [0.4, 0.5) is 0 Å². The third kappa shape index (κ3) is 2.03. The van der Waals surface area contributed by atoms with Crippen molar-refractivity contribution in [3.05, 3.63) is 34.3 Å². The largest absolute Gasteiger partial charge is 0.375 e. The number of aryl methyl sites for hydroxylation is 1. The third-order valence-corrected chi connectivity index (χ3v) is 3.53. The summed E-state index contributed by atoms with van der Waals surface area (Å²) in [5.74, 6) is 0. The average Bonchev–Trinajstić information content (AvgIpc) is 2.15. The number of nitrogens with one attached hydrogen (secondary N) is 1. The van der Waals surface area contributed by atoms with Crippen LogP contribution in [0.15, 0.2) is 18.2 Å². The molecule has 0 saturated carbocycles. The fourth-order valence-corrected chi connectivity index (χ4v) is 2.25. The van der Waals surface area contributed by atoms with Crippen LogP contribution in [0.5, 0.6) is 0 Å². The topological polar surface area (TPSA) is 21.3 Å². The van der Waals surface area contributed by atoms with Gasteiger partial charge in [-0.05, 0) is 24.1 Å². The maximum atomic E-state index is 6.20. The van der Waals surface area contributed by atoms with Gasteiger partial charge in [0.2, 0.25) is 0 Å². The Labute approximate surface area is 95.6 Å². The van der Waals surface area contributed by atoms with Gasteiger partial charge in [-0.2, -0.15) is 0 Å². The highest BCUT2D eigenvalue weighted by molar-refractivity contribution is 6.31. The van der Waals surface area contributed by atoms with Gasteiger partial charge in [0.05, 0.1) is 5.60 Å². The molecule has 0 radical (unpaired) electrons. The molecule has 1 N–H and O–H groups in total. The van der Waals surface area contributed by atoms with Crippen molar-refractivity contribution in [1.29, 1.82) is 0 Å². The second-order valence-corrected chi connectivity index (χ2v) is 4.61. The van der Waals surface area contributed by atoms with E-state index in [1.165, 1.54) is 11.1 Å². The Hall–Kier alpha value is -0.570. The van der Waals surface area contributed by atoms with E-state index in [0.717, 1.165) is 24.5 Å². The van der Waals surface area contributed by atoms with E-state index in [2.05, 4.69) is 18.3 Å². The Morgan fingerprint density at radius 3 is 2.67 bits per heavy atom. The maximum Gasteiger partial charge on any atom is 0.0966 e. The Kier molecular flexibility index (Phi) is 3.01. The molecule has 15 heavy (non-hydrogen) atoms. The number of benzene rings is 1. The first-order chi connectivity index (χ1) is 7.17. The van der Waals surface area contributed by atoms with Crippen LogP contribution >= 0.6 is 11.6 Å². The lowest BCUT2D eigenvalue weighted by Crippen LogP contribution is -2.62. The summed E-state index contributed by atoms with van der Waals surface area (Å²) >= 11 is 6.20. The molecule has 0 aliphatic carbocycles. The minimum Gasteiger partial charge on any atom is -0.375 e. The molecular formula is C12H16ClNO. The van der Waals surface area contributed by atoms with E-state index >= 15 is 0 Å². The molecule has 3 heteroatoms. The molecule has 1 heterocycles. The van der Waals surface area contributed by atoms with Crippen molar-refractivity contribution in [3.63, 3.8) is 0 Å². The first kappa shape index (κ1) is 10.9. The van der Waals surface area contributed by atoms with Gasteiger partial charge in [0.15, 0.2) is 0 Å². The van der Waals surface area contributed by atoms with Gasteiger partial charge in [-0.15, -0.1) is 0 Å². The minimum absolute atomic E-state index is 0.0459. The first-order valence-corrected chi connectivity index (χ1v) is 5.54. The molecule has 1 saturated heterocycles. The fourth-order valence-electron chi connectivity index (χ4n) is 1.96. The molecule has 0 spiro atoms. The highest BCUT2D eigenvalue weighted by Gasteiger charge is 2.37. The number of hydrogen-bond donors (Lipinski definition) is 1. The summed E-state index contributed by atoms with van der Waals surface area (Å²) < 4.78 is 5.57. The van der Waals surface area contributed by atoms with E-state index in [4.69, 9.17) is 16.3 Å². The van der Waals surface area contributed by atoms with Crippen LogP contribution in [0.2, 0.25) is 5.02 Å². The highest BCUT2D eigenvalue weighted by Crippen LogP contribution is 2.28. The molecule has 1 fully saturated rings. The second-order valence-electron chi connectivity index (χ2n) is 4.20. The molecule has 0 amide bonds. The van der Waals surface area contributed by atoms with E-state index in [1.54, 1.807) is 7.11 Å². The molecular weight excluding hydrogens is 210 g/mol. The van der Waals surface area contributed by atoms with Crippen molar-refractivity contribution in [3.8, 4) is 0 Å². The molecule has 0 atom stereocenters. The highest BCUT2D eigenvalue weighted by atomic mass is 35.5. The monoisotopic (exact) mass is 225 g/mol. The Balaban J connectivity index is 2.23. The lowest BCUT2D eigenvalue weighted by Gasteiger charge is -2.41. The van der Waals surface area contributed by atoms with Crippen LogP contribution in [0.1, 0.15) is 11.1 Å². The lowest BCUT2D eigenvalue weighted by atomic mass is 9.87. The summed E-state index contributed by atoms with van der Waals surface area (Å²) in [5.41, 5.74) is 2.41. The Bertz CT molecular complexity index is 335. The standard InChI is InChI=1S/C12H16ClNO/c1-9-4-3-5-11(13)10(9)6-12(15-2)7-14-8-12/h3-5,14H,6-8H2,1-2H3. The van der Waals surface area contributed by atoms with Crippen LogP contribution in [0.25, 0.3) is 0 Å². The van der Waals surface area contributed by atoms with E-state index in [-0.39, 0.29) is 5.60 Å². The van der Waals surface area contributed by atoms with Crippen LogP contribution in [0, 0.1) is 6.92 Å². The van der Waals surface area contributed by atoms with Gasteiger partial charge in [-0.25, -0.2) is 0 Å². The van der Waals surface area contributed by atoms with Gasteiger partial charge in [-0.3, -0.25) is 0 Å². The van der Waals surface area contributed by atoms with E-state index < -0.39 is 0 Å². The van der Waals surface area contributed by atoms with E-state index in [9.17, 15) is 0 Å². The van der Waals surface area contributed by atoms with Crippen molar-refractivity contribution >= 4 is 11.6 Å². The number of ether oxygens (including phenoxy) is 1. The summed E-state index contributed by atoms with van der Waals surface area (Å²) in [6.07, 6.45) is 0.891. The quantitative estimate of drug-likeness (QED) is 0.852. The zero-order valence-corrected chi connectivity index (χ0v) is 9.90. The third-order valence-electron chi connectivity index (χ3n) is 3.18. The van der Waals surface area contributed by atoms with Gasteiger partial charge in [0, 0.05) is 31.6 Å². The molecule has 82 valence electrons. The number of rotatable bonds is 3. The first-order valence-electron chi connectivity index (χ1n) is 5.17. The number of methoxy groups -OCH3 is 1. The summed E-state index contributed by atoms with van der Waals surface area (Å²) in [7, 11) is 1.77. The van der Waals surface area contributed by atoms with Gasteiger partial charge in [0.1, 0.15) is 0 Å². The summed E-state index contributed by atoms with van der Waals surface area (Å²) in [4.78, 5) is 0. The molecule has 0 unspecified atom stereocenters. The molecule has 1 aromatic rings. The van der Waals surface area contributed by atoms with Crippen LogP contribution in [-0.4, -0.2) is 25.8 Å². The molecule has 0 aromatic heterocycles. The summed E-state index contributed by atoms with van der Waals surface area (Å²) in [6.45, 7) is 3.92. The predicted molar refractivity (Wildman–Crippen MR) is 62.5 cm³/mol. The van der Waals surface area contributed by atoms with Crippen molar-refractivity contribution in [1.82, 2.24) is 5.32 Å². The predicted octanol–water partition coefficient (Wildman–Crippen LogP) is 2.18. The molecule has 1 aliphatic rings. The van der Waals surface area contributed by atoms with Crippen molar-refractivity contribution in [2.75, 3.05) is 20.2 Å². The van der Waals surface area contributed by atoms with E-state index in [0.29, 0.717) is 0 Å². The van der Waals surface area contributed by atoms with Crippen molar-refractivity contribution < 1.29 is 4.74 Å². The molecule has 1 aromatic carbocycles. The van der Waals surface area contributed by atoms with Crippen molar-refractivity contribution in [2.24, 2.45) is 0 Å². The molecule has 2 nitrogen and oxygen atoms in total. The number of hydrogen-bond acceptors (Lipinski definition) is 2. The lowest BCUT2D eigenvalue weighted by molar-refractivity contribution is -0.0503. The Morgan fingerprint density at radius 2 is 2.20 bits per heavy atom. The second kappa shape index (κ2) is 4.12. The fraction of sp³-hybridized carbons (Fsp3) is 0.500. The van der Waals surface area contributed by atoms with Crippen molar-refractivity contribution in [2.45, 2.75) is 18.9 Å². The van der Waals surface area contributed by atoms with E-state index in [1.807, 2.05) is 12.1 Å². The minimum atomic E-state index is -0.0459. The summed E-state index contributed by atoms with van der Waals surface area (Å²) in [5, 5.41) is 4.09. The Morgan fingerprint density at radius 1 is 1.47 bits per heavy atom. The summed E-state index contributed by atoms with van der Waals surface area (Å²) in [6, 6.07) is 6.02. The number of halogens is 1. The van der Waals surface area contributed by atoms with Gasteiger partial charge >= 0.3 is 0 Å². The molecule has 0 bridgehead atoms. The normalized spacial score (nSPS) is 18.6. The zero-order valence-electron chi connectivity index (χ0n) is 9.14. The van der Waals surface area contributed by atoms with Crippen LogP contribution < -0.4 is 5.32 Å². The average molecular weight is 226 g/mol. The molecule has 1 aliphatic heterocycles. The smallest absolute Gasteiger partial charge is 0.0966 e. The van der Waals surface area contributed by atoms with Crippen LogP contribution in [0.3, 0.4) is 0 Å².